The van der Waals surface area contributed by atoms with Crippen LogP contribution in [0.2, 0.25) is 0 Å². The first kappa shape index (κ1) is 15.2. The predicted octanol–water partition coefficient (Wildman–Crippen LogP) is 0.739. The molecular weight excluding hydrogens is 244 g/mol. The SMILES string of the molecule is CCN(CC)C(=O)C(C)Nc1nc(NN)ncc1C. The fraction of sp³-hybridized carbons (Fsp3) is 0.583. The quantitative estimate of drug-likeness (QED) is 0.519. The third-order valence-corrected chi connectivity index (χ3v) is 2.90. The Morgan fingerprint density at radius 1 is 1.47 bits per heavy atom. The third-order valence-electron chi connectivity index (χ3n) is 2.90. The Labute approximate surface area is 113 Å². The summed E-state index contributed by atoms with van der Waals surface area (Å²) in [5.41, 5.74) is 3.24. The maximum Gasteiger partial charge on any atom is 0.244 e. The van der Waals surface area contributed by atoms with Gasteiger partial charge in [-0.3, -0.25) is 10.2 Å². The minimum absolute atomic E-state index is 0.0465. The van der Waals surface area contributed by atoms with Crippen molar-refractivity contribution in [2.75, 3.05) is 23.8 Å². The lowest BCUT2D eigenvalue weighted by Gasteiger charge is -2.24. The van der Waals surface area contributed by atoms with Crippen LogP contribution < -0.4 is 16.6 Å². The molecule has 0 spiro atoms. The van der Waals surface area contributed by atoms with Crippen molar-refractivity contribution in [3.63, 3.8) is 0 Å². The van der Waals surface area contributed by atoms with Gasteiger partial charge in [-0.05, 0) is 27.7 Å². The number of aryl methyl sites for hydroxylation is 1. The van der Waals surface area contributed by atoms with Gasteiger partial charge in [0, 0.05) is 24.8 Å². The molecule has 0 radical (unpaired) electrons. The monoisotopic (exact) mass is 266 g/mol. The molecule has 0 aliphatic carbocycles. The highest BCUT2D eigenvalue weighted by molar-refractivity contribution is 5.84. The Morgan fingerprint density at radius 3 is 2.63 bits per heavy atom. The number of anilines is 2. The van der Waals surface area contributed by atoms with Crippen LogP contribution in [0.5, 0.6) is 0 Å². The Hall–Kier alpha value is -1.89. The van der Waals surface area contributed by atoms with E-state index in [1.807, 2.05) is 27.7 Å². The zero-order chi connectivity index (χ0) is 14.4. The fourth-order valence-electron chi connectivity index (χ4n) is 1.73. The lowest BCUT2D eigenvalue weighted by Crippen LogP contribution is -2.41. The number of hydrogen-bond acceptors (Lipinski definition) is 6. The third kappa shape index (κ3) is 3.78. The average molecular weight is 266 g/mol. The van der Waals surface area contributed by atoms with Crippen molar-refractivity contribution in [3.05, 3.63) is 11.8 Å². The maximum atomic E-state index is 12.2. The van der Waals surface area contributed by atoms with Gasteiger partial charge >= 0.3 is 0 Å². The van der Waals surface area contributed by atoms with Gasteiger partial charge in [-0.15, -0.1) is 0 Å². The molecule has 0 saturated carbocycles. The van der Waals surface area contributed by atoms with E-state index in [1.54, 1.807) is 11.1 Å². The summed E-state index contributed by atoms with van der Waals surface area (Å²) in [6.45, 7) is 9.00. The van der Waals surface area contributed by atoms with Crippen molar-refractivity contribution in [3.8, 4) is 0 Å². The van der Waals surface area contributed by atoms with E-state index in [4.69, 9.17) is 5.84 Å². The number of carbonyl (C=O) groups is 1. The van der Waals surface area contributed by atoms with Crippen LogP contribution in [-0.2, 0) is 4.79 Å². The first-order valence-corrected chi connectivity index (χ1v) is 6.39. The Kier molecular flexibility index (Phi) is 5.50. The standard InChI is InChI=1S/C12H22N6O/c1-5-18(6-2)11(19)9(4)15-10-8(3)7-14-12(16-10)17-13/h7,9H,5-6,13H2,1-4H3,(H2,14,15,16,17). The molecule has 0 aliphatic rings. The Morgan fingerprint density at radius 2 is 2.11 bits per heavy atom. The predicted molar refractivity (Wildman–Crippen MR) is 75.6 cm³/mol. The molecule has 7 heteroatoms. The van der Waals surface area contributed by atoms with Crippen LogP contribution >= 0.6 is 0 Å². The number of nitrogens with two attached hydrogens (primary N) is 1. The number of aromatic nitrogens is 2. The van der Waals surface area contributed by atoms with Gasteiger partial charge in [-0.2, -0.15) is 4.98 Å². The van der Waals surface area contributed by atoms with Crippen molar-refractivity contribution < 1.29 is 4.79 Å². The number of nitrogens with zero attached hydrogens (tertiary/aromatic N) is 3. The lowest BCUT2D eigenvalue weighted by molar-refractivity contribution is -0.131. The number of hydrogen-bond donors (Lipinski definition) is 3. The van der Waals surface area contributed by atoms with Gasteiger partial charge in [0.2, 0.25) is 11.9 Å². The summed E-state index contributed by atoms with van der Waals surface area (Å²) in [5, 5.41) is 3.10. The van der Waals surface area contributed by atoms with Crippen LogP contribution in [0.4, 0.5) is 11.8 Å². The number of nitrogen functional groups attached to an aromatic ring is 1. The van der Waals surface area contributed by atoms with Crippen molar-refractivity contribution in [2.24, 2.45) is 5.84 Å². The highest BCUT2D eigenvalue weighted by atomic mass is 16.2. The topological polar surface area (TPSA) is 96.2 Å². The molecule has 0 aliphatic heterocycles. The molecule has 4 N–H and O–H groups in total. The van der Waals surface area contributed by atoms with Gasteiger partial charge in [0.15, 0.2) is 0 Å². The van der Waals surface area contributed by atoms with E-state index < -0.39 is 0 Å². The van der Waals surface area contributed by atoms with Crippen molar-refractivity contribution in [1.82, 2.24) is 14.9 Å². The second-order valence-electron chi connectivity index (χ2n) is 4.25. The minimum atomic E-state index is -0.348. The van der Waals surface area contributed by atoms with Crippen LogP contribution in [0.3, 0.4) is 0 Å². The Balaban J connectivity index is 2.81. The molecule has 19 heavy (non-hydrogen) atoms. The first-order valence-electron chi connectivity index (χ1n) is 6.39. The molecule has 0 aromatic carbocycles. The Bertz CT molecular complexity index is 432. The van der Waals surface area contributed by atoms with E-state index in [9.17, 15) is 4.79 Å². The summed E-state index contributed by atoms with van der Waals surface area (Å²) in [5.74, 6) is 6.24. The van der Waals surface area contributed by atoms with E-state index in [2.05, 4.69) is 20.7 Å². The van der Waals surface area contributed by atoms with Crippen LogP contribution in [-0.4, -0.2) is 39.9 Å². The van der Waals surface area contributed by atoms with Gasteiger partial charge in [-0.25, -0.2) is 10.8 Å². The smallest absolute Gasteiger partial charge is 0.244 e. The van der Waals surface area contributed by atoms with Crippen molar-refractivity contribution in [1.29, 1.82) is 0 Å². The molecule has 7 nitrogen and oxygen atoms in total. The van der Waals surface area contributed by atoms with Crippen LogP contribution in [0.1, 0.15) is 26.3 Å². The summed E-state index contributed by atoms with van der Waals surface area (Å²) in [4.78, 5) is 22.1. The molecule has 106 valence electrons. The van der Waals surface area contributed by atoms with Gasteiger partial charge < -0.3 is 10.2 Å². The number of nitrogens with one attached hydrogen (secondary N) is 2. The fourth-order valence-corrected chi connectivity index (χ4v) is 1.73. The zero-order valence-electron chi connectivity index (χ0n) is 11.9. The highest BCUT2D eigenvalue weighted by Crippen LogP contribution is 2.13. The van der Waals surface area contributed by atoms with E-state index >= 15 is 0 Å². The summed E-state index contributed by atoms with van der Waals surface area (Å²) >= 11 is 0. The van der Waals surface area contributed by atoms with Crippen LogP contribution in [0.15, 0.2) is 6.20 Å². The minimum Gasteiger partial charge on any atom is -0.358 e. The van der Waals surface area contributed by atoms with Crippen molar-refractivity contribution >= 4 is 17.7 Å². The largest absolute Gasteiger partial charge is 0.358 e. The second-order valence-corrected chi connectivity index (χ2v) is 4.25. The number of rotatable bonds is 6. The summed E-state index contributed by atoms with van der Waals surface area (Å²) in [6, 6.07) is -0.348. The molecule has 1 aromatic rings. The van der Waals surface area contributed by atoms with E-state index in [1.165, 1.54) is 0 Å². The second kappa shape index (κ2) is 6.89. The molecule has 0 saturated heterocycles. The molecular formula is C12H22N6O. The zero-order valence-corrected chi connectivity index (χ0v) is 11.9. The van der Waals surface area contributed by atoms with E-state index in [0.29, 0.717) is 24.9 Å². The first-order chi connectivity index (χ1) is 9.03. The number of carbonyl (C=O) groups excluding carboxylic acids is 1. The number of likely N-dealkylation sites (N-methyl/N-ethyl adjacent to an activating group) is 1. The van der Waals surface area contributed by atoms with Gasteiger partial charge in [0.05, 0.1) is 0 Å². The van der Waals surface area contributed by atoms with Gasteiger partial charge in [0.1, 0.15) is 11.9 Å². The maximum absolute atomic E-state index is 12.2. The van der Waals surface area contributed by atoms with Crippen molar-refractivity contribution in [2.45, 2.75) is 33.7 Å². The van der Waals surface area contributed by atoms with Crippen LogP contribution in [0, 0.1) is 6.92 Å². The number of amides is 1. The van der Waals surface area contributed by atoms with E-state index in [0.717, 1.165) is 5.56 Å². The molecule has 1 aromatic heterocycles. The summed E-state index contributed by atoms with van der Waals surface area (Å²) in [6.07, 6.45) is 1.65. The number of hydrazine groups is 1. The lowest BCUT2D eigenvalue weighted by atomic mass is 10.2. The molecule has 1 amide bonds. The molecule has 1 rings (SSSR count). The summed E-state index contributed by atoms with van der Waals surface area (Å²) in [7, 11) is 0. The van der Waals surface area contributed by atoms with Gasteiger partial charge in [0.25, 0.3) is 0 Å². The molecule has 1 heterocycles. The molecule has 1 unspecified atom stereocenters. The average Bonchev–Trinajstić information content (AvgIpc) is 2.42. The normalized spacial score (nSPS) is 11.8. The molecule has 1 atom stereocenters. The van der Waals surface area contributed by atoms with Gasteiger partial charge in [-0.1, -0.05) is 0 Å². The molecule has 0 fully saturated rings. The molecule has 0 bridgehead atoms. The highest BCUT2D eigenvalue weighted by Gasteiger charge is 2.19. The summed E-state index contributed by atoms with van der Waals surface area (Å²) < 4.78 is 0. The van der Waals surface area contributed by atoms with Crippen LogP contribution in [0.25, 0.3) is 0 Å². The van der Waals surface area contributed by atoms with E-state index in [-0.39, 0.29) is 11.9 Å².